The van der Waals surface area contributed by atoms with Crippen LogP contribution in [0.2, 0.25) is 0 Å². The molecule has 0 atom stereocenters. The van der Waals surface area contributed by atoms with Crippen LogP contribution >= 0.6 is 0 Å². The lowest BCUT2D eigenvalue weighted by atomic mass is 10.4. The first-order valence-corrected chi connectivity index (χ1v) is 5.94. The maximum atomic E-state index is 10.7. The van der Waals surface area contributed by atoms with Gasteiger partial charge in [0.15, 0.2) is 0 Å². The molecule has 0 amide bonds. The molecule has 0 fully saturated rings. The Morgan fingerprint density at radius 2 is 2.19 bits per heavy atom. The van der Waals surface area contributed by atoms with E-state index in [0.717, 1.165) is 0 Å². The van der Waals surface area contributed by atoms with Crippen LogP contribution in [-0.2, 0) is 14.9 Å². The molecule has 1 aromatic rings. The van der Waals surface area contributed by atoms with Gasteiger partial charge in [-0.2, -0.15) is 8.42 Å². The average molecular weight is 247 g/mol. The summed E-state index contributed by atoms with van der Waals surface area (Å²) >= 11 is 0. The normalized spacial score (nSPS) is 11.1. The molecule has 0 bridgehead atoms. The van der Waals surface area contributed by atoms with Crippen molar-refractivity contribution in [1.82, 2.24) is 4.98 Å². The van der Waals surface area contributed by atoms with Crippen LogP contribution in [-0.4, -0.2) is 33.7 Å². The van der Waals surface area contributed by atoms with Crippen LogP contribution in [0, 0.1) is 0 Å². The summed E-state index contributed by atoms with van der Waals surface area (Å²) in [7, 11) is -2.20. The molecule has 0 aliphatic heterocycles. The molecule has 0 saturated heterocycles. The van der Waals surface area contributed by atoms with Crippen molar-refractivity contribution in [3.63, 3.8) is 0 Å². The van der Waals surface area contributed by atoms with Gasteiger partial charge in [0.05, 0.1) is 18.5 Å². The van der Waals surface area contributed by atoms with Gasteiger partial charge in [0.2, 0.25) is 5.88 Å². The van der Waals surface area contributed by atoms with Crippen LogP contribution in [0.15, 0.2) is 18.3 Å². The van der Waals surface area contributed by atoms with Gasteiger partial charge in [0.1, 0.15) is 6.61 Å². The Balaban J connectivity index is 2.54. The molecule has 0 unspecified atom stereocenters. The summed E-state index contributed by atoms with van der Waals surface area (Å²) in [6.07, 6.45) is 1.31. The van der Waals surface area contributed by atoms with Crippen molar-refractivity contribution in [1.29, 1.82) is 0 Å². The molecule has 8 heteroatoms. The molecule has 0 spiro atoms. The van der Waals surface area contributed by atoms with Gasteiger partial charge in [-0.15, -0.1) is 0 Å². The number of nitrogens with zero attached hydrogens (tertiary/aromatic N) is 1. The number of ether oxygens (including phenoxy) is 2. The number of hydrogen-bond acceptors (Lipinski definition) is 5. The zero-order valence-corrected chi connectivity index (χ0v) is 9.53. The molecular formula is C8H13N3O4S. The Hall–Kier alpha value is -1.38. The van der Waals surface area contributed by atoms with Gasteiger partial charge in [0.25, 0.3) is 10.2 Å². The molecular weight excluding hydrogens is 234 g/mol. The van der Waals surface area contributed by atoms with Gasteiger partial charge in [-0.3, -0.25) is 4.72 Å². The second-order valence-electron chi connectivity index (χ2n) is 2.87. The minimum Gasteiger partial charge on any atom is -0.475 e. The second-order valence-corrected chi connectivity index (χ2v) is 4.17. The van der Waals surface area contributed by atoms with Crippen molar-refractivity contribution >= 4 is 15.9 Å². The molecule has 0 saturated carbocycles. The van der Waals surface area contributed by atoms with Crippen LogP contribution in [0.5, 0.6) is 5.88 Å². The number of methoxy groups -OCH3 is 1. The van der Waals surface area contributed by atoms with Crippen molar-refractivity contribution in [2.24, 2.45) is 5.14 Å². The standard InChI is InChI=1S/C8H13N3O4S/c1-14-4-5-15-8-3-2-7(6-10-8)11-16(9,12)13/h2-3,6,11H,4-5H2,1H3,(H2,9,12,13). The first kappa shape index (κ1) is 12.7. The molecule has 90 valence electrons. The van der Waals surface area contributed by atoms with Gasteiger partial charge in [-0.25, -0.2) is 10.1 Å². The van der Waals surface area contributed by atoms with E-state index in [0.29, 0.717) is 19.1 Å². The lowest BCUT2D eigenvalue weighted by molar-refractivity contribution is 0.144. The van der Waals surface area contributed by atoms with Gasteiger partial charge >= 0.3 is 0 Å². The van der Waals surface area contributed by atoms with E-state index in [9.17, 15) is 8.42 Å². The van der Waals surface area contributed by atoms with Crippen molar-refractivity contribution in [3.05, 3.63) is 18.3 Å². The summed E-state index contributed by atoms with van der Waals surface area (Å²) in [6.45, 7) is 0.838. The monoisotopic (exact) mass is 247 g/mol. The molecule has 1 rings (SSSR count). The molecule has 0 aromatic carbocycles. The van der Waals surface area contributed by atoms with Gasteiger partial charge in [0, 0.05) is 13.2 Å². The molecule has 0 aliphatic rings. The predicted octanol–water partition coefficient (Wildman–Crippen LogP) is -0.278. The van der Waals surface area contributed by atoms with Crippen LogP contribution in [0.25, 0.3) is 0 Å². The zero-order valence-electron chi connectivity index (χ0n) is 8.71. The van der Waals surface area contributed by atoms with E-state index in [-0.39, 0.29) is 5.69 Å². The van der Waals surface area contributed by atoms with Crippen LogP contribution < -0.4 is 14.6 Å². The Morgan fingerprint density at radius 1 is 1.44 bits per heavy atom. The summed E-state index contributed by atoms with van der Waals surface area (Å²) in [4.78, 5) is 3.87. The number of pyridine rings is 1. The number of hydrogen-bond donors (Lipinski definition) is 2. The highest BCUT2D eigenvalue weighted by Gasteiger charge is 2.02. The highest BCUT2D eigenvalue weighted by Crippen LogP contribution is 2.11. The Kier molecular flexibility index (Phi) is 4.47. The molecule has 0 radical (unpaired) electrons. The Labute approximate surface area is 93.8 Å². The van der Waals surface area contributed by atoms with Crippen molar-refractivity contribution in [2.75, 3.05) is 25.0 Å². The lowest BCUT2D eigenvalue weighted by Gasteiger charge is -2.06. The summed E-state index contributed by atoms with van der Waals surface area (Å²) in [5.41, 5.74) is 0.279. The first-order valence-electron chi connectivity index (χ1n) is 4.39. The third-order valence-electron chi connectivity index (χ3n) is 1.53. The number of anilines is 1. The van der Waals surface area contributed by atoms with E-state index in [1.807, 2.05) is 0 Å². The van der Waals surface area contributed by atoms with E-state index >= 15 is 0 Å². The van der Waals surface area contributed by atoms with E-state index in [1.165, 1.54) is 18.3 Å². The largest absolute Gasteiger partial charge is 0.475 e. The molecule has 1 heterocycles. The van der Waals surface area contributed by atoms with Crippen LogP contribution in [0.4, 0.5) is 5.69 Å². The third-order valence-corrected chi connectivity index (χ3v) is 2.05. The van der Waals surface area contributed by atoms with Gasteiger partial charge in [-0.1, -0.05) is 0 Å². The van der Waals surface area contributed by atoms with Crippen molar-refractivity contribution in [2.45, 2.75) is 0 Å². The predicted molar refractivity (Wildman–Crippen MR) is 58.3 cm³/mol. The highest BCUT2D eigenvalue weighted by molar-refractivity contribution is 7.90. The minimum absolute atomic E-state index is 0.279. The lowest BCUT2D eigenvalue weighted by Crippen LogP contribution is -2.21. The topological polar surface area (TPSA) is 104 Å². The fraction of sp³-hybridized carbons (Fsp3) is 0.375. The van der Waals surface area contributed by atoms with Crippen LogP contribution in [0.1, 0.15) is 0 Å². The molecule has 3 N–H and O–H groups in total. The average Bonchev–Trinajstić information content (AvgIpc) is 2.19. The minimum atomic E-state index is -3.76. The van der Waals surface area contributed by atoms with E-state index in [1.54, 1.807) is 7.11 Å². The number of nitrogens with one attached hydrogen (secondary N) is 1. The van der Waals surface area contributed by atoms with E-state index in [2.05, 4.69) is 9.71 Å². The SMILES string of the molecule is COCCOc1ccc(NS(N)(=O)=O)cn1. The van der Waals surface area contributed by atoms with Crippen molar-refractivity contribution < 1.29 is 17.9 Å². The van der Waals surface area contributed by atoms with Gasteiger partial charge < -0.3 is 9.47 Å². The maximum Gasteiger partial charge on any atom is 0.296 e. The fourth-order valence-electron chi connectivity index (χ4n) is 0.920. The highest BCUT2D eigenvalue weighted by atomic mass is 32.2. The fourth-order valence-corrected chi connectivity index (χ4v) is 1.37. The number of rotatable bonds is 6. The third kappa shape index (κ3) is 4.91. The summed E-state index contributed by atoms with van der Waals surface area (Å²) in [5, 5.41) is 4.79. The van der Waals surface area contributed by atoms with E-state index in [4.69, 9.17) is 14.6 Å². The molecule has 7 nitrogen and oxygen atoms in total. The summed E-state index contributed by atoms with van der Waals surface area (Å²) < 4.78 is 33.4. The second kappa shape index (κ2) is 5.64. The van der Waals surface area contributed by atoms with Gasteiger partial charge in [-0.05, 0) is 6.07 Å². The number of aromatic nitrogens is 1. The quantitative estimate of drug-likeness (QED) is 0.673. The summed E-state index contributed by atoms with van der Waals surface area (Å²) in [6, 6.07) is 3.03. The summed E-state index contributed by atoms with van der Waals surface area (Å²) in [5.74, 6) is 0.386. The maximum absolute atomic E-state index is 10.7. The zero-order chi connectivity index (χ0) is 12.0. The Bertz CT molecular complexity index is 417. The van der Waals surface area contributed by atoms with Crippen LogP contribution in [0.3, 0.4) is 0 Å². The molecule has 16 heavy (non-hydrogen) atoms. The number of nitrogens with two attached hydrogens (primary N) is 1. The van der Waals surface area contributed by atoms with Crippen molar-refractivity contribution in [3.8, 4) is 5.88 Å². The first-order chi connectivity index (χ1) is 7.51. The Morgan fingerprint density at radius 3 is 2.69 bits per heavy atom. The molecule has 0 aliphatic carbocycles. The van der Waals surface area contributed by atoms with E-state index < -0.39 is 10.2 Å². The smallest absolute Gasteiger partial charge is 0.296 e. The molecule has 1 aromatic heterocycles.